The number of nitrogens with zero attached hydrogens (tertiary/aromatic N) is 3. The minimum absolute atomic E-state index is 0.143. The van der Waals surface area contributed by atoms with Crippen molar-refractivity contribution in [1.82, 2.24) is 15.1 Å². The van der Waals surface area contributed by atoms with E-state index in [1.807, 2.05) is 79.7 Å². The van der Waals surface area contributed by atoms with Gasteiger partial charge in [0.25, 0.3) is 0 Å². The topological polar surface area (TPSA) is 94.9 Å². The molecule has 3 aromatic carbocycles. The molecule has 1 N–H and O–H groups in total. The molecular weight excluding hydrogens is 540 g/mol. The highest BCUT2D eigenvalue weighted by Crippen LogP contribution is 2.50. The second kappa shape index (κ2) is 11.7. The highest BCUT2D eigenvalue weighted by atomic mass is 32.2. The van der Waals surface area contributed by atoms with Gasteiger partial charge < -0.3 is 19.5 Å². The number of fused-ring (bicyclic) bond motifs is 2. The number of anilines is 1. The van der Waals surface area contributed by atoms with Crippen molar-refractivity contribution in [3.63, 3.8) is 0 Å². The Morgan fingerprint density at radius 2 is 1.90 bits per heavy atom. The number of amides is 2. The number of aryl methyl sites for hydroxylation is 1. The van der Waals surface area contributed by atoms with Crippen molar-refractivity contribution in [2.24, 2.45) is 0 Å². The van der Waals surface area contributed by atoms with Gasteiger partial charge >= 0.3 is 0 Å². The standard InChI is InChI=1S/C31H30N4O5S/c1-20-7-6-10-23(15-20)35-31-28(29(33-35)21-8-4-3-5-9-21)30(22-11-12-24-25(16-22)40-19-39-24)41-18-27(37)34(31)17-26(36)32-13-14-38-2/h3-12,15-16,30H,13-14,17-19H2,1-2H3,(H,32,36)/t30-/m0/s1. The smallest absolute Gasteiger partial charge is 0.240 e. The van der Waals surface area contributed by atoms with Crippen molar-refractivity contribution >= 4 is 29.4 Å². The molecule has 0 radical (unpaired) electrons. The van der Waals surface area contributed by atoms with Gasteiger partial charge in [-0.15, -0.1) is 11.8 Å². The van der Waals surface area contributed by atoms with Crippen LogP contribution in [0.1, 0.15) is 21.9 Å². The van der Waals surface area contributed by atoms with E-state index in [4.69, 9.17) is 19.3 Å². The molecule has 6 rings (SSSR count). The molecule has 1 aromatic heterocycles. The van der Waals surface area contributed by atoms with Gasteiger partial charge in [0.15, 0.2) is 11.5 Å². The number of ether oxygens (including phenoxy) is 3. The van der Waals surface area contributed by atoms with Gasteiger partial charge in [-0.3, -0.25) is 14.5 Å². The Morgan fingerprint density at radius 1 is 1.07 bits per heavy atom. The number of carbonyl (C=O) groups excluding carboxylic acids is 2. The summed E-state index contributed by atoms with van der Waals surface area (Å²) in [5.41, 5.74) is 5.34. The lowest BCUT2D eigenvalue weighted by atomic mass is 9.99. The Labute approximate surface area is 242 Å². The van der Waals surface area contributed by atoms with E-state index in [2.05, 4.69) is 5.32 Å². The minimum Gasteiger partial charge on any atom is -0.454 e. The van der Waals surface area contributed by atoms with Crippen LogP contribution in [0.4, 0.5) is 5.82 Å². The fourth-order valence-electron chi connectivity index (χ4n) is 5.10. The monoisotopic (exact) mass is 570 g/mol. The summed E-state index contributed by atoms with van der Waals surface area (Å²) in [6.45, 7) is 2.78. The van der Waals surface area contributed by atoms with Crippen LogP contribution < -0.4 is 19.7 Å². The molecule has 0 fully saturated rings. The van der Waals surface area contributed by atoms with Crippen LogP contribution in [-0.4, -0.2) is 60.9 Å². The predicted molar refractivity (Wildman–Crippen MR) is 158 cm³/mol. The zero-order valence-corrected chi connectivity index (χ0v) is 23.6. The van der Waals surface area contributed by atoms with E-state index in [0.717, 1.165) is 33.6 Å². The number of aromatic nitrogens is 2. The summed E-state index contributed by atoms with van der Waals surface area (Å²) in [5, 5.41) is 7.72. The summed E-state index contributed by atoms with van der Waals surface area (Å²) >= 11 is 1.51. The van der Waals surface area contributed by atoms with Gasteiger partial charge in [0, 0.05) is 24.8 Å². The lowest BCUT2D eigenvalue weighted by molar-refractivity contribution is -0.123. The van der Waals surface area contributed by atoms with Crippen molar-refractivity contribution in [2.75, 3.05) is 44.3 Å². The summed E-state index contributed by atoms with van der Waals surface area (Å²) < 4.78 is 18.1. The van der Waals surface area contributed by atoms with Crippen LogP contribution in [0.25, 0.3) is 16.9 Å². The van der Waals surface area contributed by atoms with Crippen LogP contribution in [0, 0.1) is 6.92 Å². The third-order valence-corrected chi connectivity index (χ3v) is 8.27. The summed E-state index contributed by atoms with van der Waals surface area (Å²) in [6.07, 6.45) is 0. The Kier molecular flexibility index (Phi) is 7.67. The third-order valence-electron chi connectivity index (χ3n) is 7.01. The van der Waals surface area contributed by atoms with Gasteiger partial charge in [0.2, 0.25) is 18.6 Å². The number of nitrogens with one attached hydrogen (secondary N) is 1. The molecule has 9 nitrogen and oxygen atoms in total. The SMILES string of the molecule is COCCNC(=O)CN1C(=O)CS[C@@H](c2ccc3c(c2)OCO3)c2c(-c3ccccc3)nn(-c3cccc(C)c3)c21. The first-order chi connectivity index (χ1) is 20.0. The van der Waals surface area contributed by atoms with Crippen LogP contribution in [0.2, 0.25) is 0 Å². The molecule has 3 heterocycles. The lowest BCUT2D eigenvalue weighted by Crippen LogP contribution is -2.43. The summed E-state index contributed by atoms with van der Waals surface area (Å²) in [6, 6.07) is 23.8. The number of rotatable bonds is 8. The molecule has 0 bridgehead atoms. The number of methoxy groups -OCH3 is 1. The molecule has 41 heavy (non-hydrogen) atoms. The zero-order chi connectivity index (χ0) is 28.3. The van der Waals surface area contributed by atoms with E-state index >= 15 is 0 Å². The van der Waals surface area contributed by atoms with Gasteiger partial charge in [-0.25, -0.2) is 4.68 Å². The highest BCUT2D eigenvalue weighted by Gasteiger charge is 2.38. The molecular formula is C31H30N4O5S. The normalized spacial score (nSPS) is 15.9. The molecule has 2 aliphatic rings. The number of hydrogen-bond acceptors (Lipinski definition) is 7. The third kappa shape index (κ3) is 5.40. The van der Waals surface area contributed by atoms with Gasteiger partial charge in [-0.1, -0.05) is 48.5 Å². The molecule has 4 aromatic rings. The summed E-state index contributed by atoms with van der Waals surface area (Å²) in [5.74, 6) is 1.68. The molecule has 10 heteroatoms. The van der Waals surface area contributed by atoms with E-state index in [-0.39, 0.29) is 36.2 Å². The Morgan fingerprint density at radius 3 is 2.71 bits per heavy atom. The van der Waals surface area contributed by atoms with E-state index in [0.29, 0.717) is 30.5 Å². The number of hydrogen-bond donors (Lipinski definition) is 1. The highest BCUT2D eigenvalue weighted by molar-refractivity contribution is 8.00. The second-order valence-electron chi connectivity index (χ2n) is 9.83. The average molecular weight is 571 g/mol. The van der Waals surface area contributed by atoms with Crippen molar-refractivity contribution in [2.45, 2.75) is 12.2 Å². The minimum atomic E-state index is -0.272. The van der Waals surface area contributed by atoms with Crippen molar-refractivity contribution in [3.8, 4) is 28.4 Å². The van der Waals surface area contributed by atoms with Gasteiger partial charge in [0.1, 0.15) is 12.4 Å². The van der Waals surface area contributed by atoms with Crippen LogP contribution in [0.3, 0.4) is 0 Å². The molecule has 210 valence electrons. The molecule has 0 spiro atoms. The summed E-state index contributed by atoms with van der Waals surface area (Å²) in [4.78, 5) is 28.5. The maximum Gasteiger partial charge on any atom is 0.240 e. The Hall–Kier alpha value is -4.28. The lowest BCUT2D eigenvalue weighted by Gasteiger charge is -2.23. The van der Waals surface area contributed by atoms with Gasteiger partial charge in [-0.05, 0) is 42.3 Å². The van der Waals surface area contributed by atoms with Crippen molar-refractivity contribution < 1.29 is 23.8 Å². The molecule has 0 unspecified atom stereocenters. The van der Waals surface area contributed by atoms with E-state index in [1.165, 1.54) is 11.8 Å². The zero-order valence-electron chi connectivity index (χ0n) is 22.8. The first-order valence-electron chi connectivity index (χ1n) is 13.4. The molecule has 1 atom stereocenters. The molecule has 2 aliphatic heterocycles. The molecule has 2 amide bonds. The second-order valence-corrected chi connectivity index (χ2v) is 10.9. The molecule has 0 saturated heterocycles. The maximum absolute atomic E-state index is 13.8. The van der Waals surface area contributed by atoms with Crippen LogP contribution in [0.5, 0.6) is 11.5 Å². The van der Waals surface area contributed by atoms with E-state index in [9.17, 15) is 9.59 Å². The molecule has 0 saturated carbocycles. The van der Waals surface area contributed by atoms with Crippen molar-refractivity contribution in [1.29, 1.82) is 0 Å². The fraction of sp³-hybridized carbons (Fsp3) is 0.258. The first kappa shape index (κ1) is 26.9. The quantitative estimate of drug-likeness (QED) is 0.312. The first-order valence-corrected chi connectivity index (χ1v) is 14.4. The maximum atomic E-state index is 13.8. The van der Waals surface area contributed by atoms with Crippen LogP contribution in [0.15, 0.2) is 72.8 Å². The largest absolute Gasteiger partial charge is 0.454 e. The van der Waals surface area contributed by atoms with Crippen LogP contribution in [-0.2, 0) is 14.3 Å². The van der Waals surface area contributed by atoms with E-state index < -0.39 is 0 Å². The van der Waals surface area contributed by atoms with Crippen LogP contribution >= 0.6 is 11.8 Å². The number of benzene rings is 3. The Bertz CT molecular complexity index is 1590. The fourth-order valence-corrected chi connectivity index (χ4v) is 6.29. The van der Waals surface area contributed by atoms with Gasteiger partial charge in [-0.2, -0.15) is 5.10 Å². The number of carbonyl (C=O) groups is 2. The van der Waals surface area contributed by atoms with Crippen molar-refractivity contribution in [3.05, 3.63) is 89.5 Å². The molecule has 0 aliphatic carbocycles. The number of thioether (sulfide) groups is 1. The average Bonchev–Trinajstić information content (AvgIpc) is 3.58. The predicted octanol–water partition coefficient (Wildman–Crippen LogP) is 4.51. The summed E-state index contributed by atoms with van der Waals surface area (Å²) in [7, 11) is 1.58. The Balaban J connectivity index is 1.57. The van der Waals surface area contributed by atoms with Gasteiger partial charge in [0.05, 0.1) is 29.0 Å². The van der Waals surface area contributed by atoms with E-state index in [1.54, 1.807) is 16.7 Å².